The van der Waals surface area contributed by atoms with E-state index < -0.39 is 25.9 Å². The molecule has 1 amide bonds. The van der Waals surface area contributed by atoms with Gasteiger partial charge in [0, 0.05) is 24.4 Å². The van der Waals surface area contributed by atoms with Crippen molar-refractivity contribution in [2.45, 2.75) is 36.1 Å². The van der Waals surface area contributed by atoms with Gasteiger partial charge in [-0.3, -0.25) is 4.79 Å². The third kappa shape index (κ3) is 5.38. The molecule has 0 radical (unpaired) electrons. The number of nitrogens with one attached hydrogen (secondary N) is 2. The summed E-state index contributed by atoms with van der Waals surface area (Å²) in [6, 6.07) is 11.6. The number of hydrogen-bond acceptors (Lipinski definition) is 5. The van der Waals surface area contributed by atoms with Crippen molar-refractivity contribution in [1.82, 2.24) is 4.72 Å². The summed E-state index contributed by atoms with van der Waals surface area (Å²) < 4.78 is 51.7. The van der Waals surface area contributed by atoms with Crippen molar-refractivity contribution in [3.63, 3.8) is 0 Å². The Bertz CT molecular complexity index is 1030. The lowest BCUT2D eigenvalue weighted by atomic mass is 10.1. The molecule has 1 atom stereocenters. The molecule has 0 aliphatic rings. The highest BCUT2D eigenvalue weighted by molar-refractivity contribution is 7.93. The lowest BCUT2D eigenvalue weighted by molar-refractivity contribution is -0.115. The number of benzene rings is 2. The molecule has 0 aromatic heterocycles. The van der Waals surface area contributed by atoms with Crippen molar-refractivity contribution < 1.29 is 21.6 Å². The zero-order valence-electron chi connectivity index (χ0n) is 15.3. The minimum atomic E-state index is -4.05. The van der Waals surface area contributed by atoms with Gasteiger partial charge in [-0.2, -0.15) is 0 Å². The second-order valence-electron chi connectivity index (χ2n) is 6.09. The first-order valence-corrected chi connectivity index (χ1v) is 11.6. The Morgan fingerprint density at radius 3 is 2.04 bits per heavy atom. The van der Waals surface area contributed by atoms with Crippen LogP contribution in [0.4, 0.5) is 5.69 Å². The van der Waals surface area contributed by atoms with Crippen molar-refractivity contribution in [1.29, 1.82) is 0 Å². The van der Waals surface area contributed by atoms with Gasteiger partial charge in [-0.25, -0.2) is 21.6 Å². The van der Waals surface area contributed by atoms with Gasteiger partial charge in [-0.1, -0.05) is 31.2 Å². The predicted molar refractivity (Wildman–Crippen MR) is 104 cm³/mol. The standard InChI is InChI=1S/C18H22N2O5S2/c1-4-18(21)19-15-11-9-14(10-12-15)13(2)20-27(24,25)17-8-6-5-7-16(17)26(3,22)23/h5-13,20H,4H2,1-3H3,(H,19,21). The first-order valence-electron chi connectivity index (χ1n) is 8.26. The molecule has 2 aromatic rings. The Balaban J connectivity index is 2.25. The molecule has 0 fully saturated rings. The van der Waals surface area contributed by atoms with Crippen LogP contribution in [0.5, 0.6) is 0 Å². The average Bonchev–Trinajstić information content (AvgIpc) is 2.61. The lowest BCUT2D eigenvalue weighted by Gasteiger charge is -2.16. The molecule has 146 valence electrons. The molecule has 0 aliphatic heterocycles. The van der Waals surface area contributed by atoms with Crippen LogP contribution in [0.15, 0.2) is 58.3 Å². The van der Waals surface area contributed by atoms with Crippen LogP contribution in [-0.4, -0.2) is 29.0 Å². The fourth-order valence-corrected chi connectivity index (χ4v) is 5.31. The van der Waals surface area contributed by atoms with E-state index in [2.05, 4.69) is 10.0 Å². The molecule has 9 heteroatoms. The summed E-state index contributed by atoms with van der Waals surface area (Å²) in [7, 11) is -7.75. The van der Waals surface area contributed by atoms with Gasteiger partial charge in [0.25, 0.3) is 0 Å². The SMILES string of the molecule is CCC(=O)Nc1ccc(C(C)NS(=O)(=O)c2ccccc2S(C)(=O)=O)cc1. The maximum atomic E-state index is 12.7. The van der Waals surface area contributed by atoms with E-state index in [1.165, 1.54) is 24.3 Å². The summed E-state index contributed by atoms with van der Waals surface area (Å²) in [5.74, 6) is -0.117. The smallest absolute Gasteiger partial charge is 0.242 e. The van der Waals surface area contributed by atoms with Crippen LogP contribution < -0.4 is 10.0 Å². The van der Waals surface area contributed by atoms with Crippen LogP contribution in [0.25, 0.3) is 0 Å². The first-order chi connectivity index (χ1) is 12.5. The number of sulfone groups is 1. The zero-order valence-corrected chi connectivity index (χ0v) is 16.9. The number of sulfonamides is 1. The molecular weight excluding hydrogens is 388 g/mol. The van der Waals surface area contributed by atoms with E-state index in [1.807, 2.05) is 0 Å². The predicted octanol–water partition coefficient (Wildman–Crippen LogP) is 2.48. The average molecular weight is 411 g/mol. The second-order valence-corrected chi connectivity index (χ2v) is 9.75. The summed E-state index contributed by atoms with van der Waals surface area (Å²) in [6.07, 6.45) is 1.33. The highest BCUT2D eigenvalue weighted by Gasteiger charge is 2.25. The van der Waals surface area contributed by atoms with E-state index in [0.29, 0.717) is 17.7 Å². The molecule has 2 aromatic carbocycles. The first kappa shape index (κ1) is 21.1. The van der Waals surface area contributed by atoms with E-state index in [1.54, 1.807) is 38.1 Å². The number of carbonyl (C=O) groups excluding carboxylic acids is 1. The quantitative estimate of drug-likeness (QED) is 0.729. The van der Waals surface area contributed by atoms with Gasteiger partial charge in [0.2, 0.25) is 15.9 Å². The third-order valence-corrected chi connectivity index (χ3v) is 6.77. The van der Waals surface area contributed by atoms with Crippen LogP contribution in [-0.2, 0) is 24.7 Å². The maximum absolute atomic E-state index is 12.7. The summed E-state index contributed by atoms with van der Waals surface area (Å²) in [6.45, 7) is 3.40. The molecule has 2 rings (SSSR count). The van der Waals surface area contributed by atoms with Crippen molar-refractivity contribution in [2.24, 2.45) is 0 Å². The van der Waals surface area contributed by atoms with Gasteiger partial charge >= 0.3 is 0 Å². The Kier molecular flexibility index (Phi) is 6.40. The molecule has 7 nitrogen and oxygen atoms in total. The normalized spacial score (nSPS) is 13.1. The molecule has 0 saturated carbocycles. The van der Waals surface area contributed by atoms with Crippen LogP contribution in [0.3, 0.4) is 0 Å². The van der Waals surface area contributed by atoms with Crippen LogP contribution in [0.1, 0.15) is 31.9 Å². The third-order valence-electron chi connectivity index (χ3n) is 3.89. The molecule has 0 bridgehead atoms. The van der Waals surface area contributed by atoms with Gasteiger partial charge in [0.15, 0.2) is 9.84 Å². The van der Waals surface area contributed by atoms with E-state index in [0.717, 1.165) is 6.26 Å². The van der Waals surface area contributed by atoms with Crippen molar-refractivity contribution >= 4 is 31.5 Å². The topological polar surface area (TPSA) is 109 Å². The van der Waals surface area contributed by atoms with E-state index >= 15 is 0 Å². The lowest BCUT2D eigenvalue weighted by Crippen LogP contribution is -2.28. The Morgan fingerprint density at radius 1 is 0.963 bits per heavy atom. The monoisotopic (exact) mass is 410 g/mol. The van der Waals surface area contributed by atoms with E-state index in [9.17, 15) is 21.6 Å². The Labute approximate surface area is 159 Å². The molecule has 0 heterocycles. The highest BCUT2D eigenvalue weighted by Crippen LogP contribution is 2.23. The minimum Gasteiger partial charge on any atom is -0.326 e. The molecule has 0 saturated heterocycles. The summed E-state index contributed by atoms with van der Waals surface area (Å²) in [5.41, 5.74) is 1.29. The maximum Gasteiger partial charge on any atom is 0.242 e. The molecule has 0 aliphatic carbocycles. The van der Waals surface area contributed by atoms with Gasteiger partial charge in [-0.05, 0) is 36.8 Å². The molecule has 1 unspecified atom stereocenters. The molecule has 0 spiro atoms. The summed E-state index contributed by atoms with van der Waals surface area (Å²) in [4.78, 5) is 10.9. The number of carbonyl (C=O) groups is 1. The van der Waals surface area contributed by atoms with Crippen molar-refractivity contribution in [3.05, 3.63) is 54.1 Å². The van der Waals surface area contributed by atoms with Gasteiger partial charge in [0.05, 0.1) is 4.90 Å². The molecular formula is C18H22N2O5S2. The number of amides is 1. The van der Waals surface area contributed by atoms with Crippen LogP contribution >= 0.6 is 0 Å². The zero-order chi connectivity index (χ0) is 20.2. The molecule has 27 heavy (non-hydrogen) atoms. The molecule has 2 N–H and O–H groups in total. The second kappa shape index (κ2) is 8.20. The fourth-order valence-electron chi connectivity index (χ4n) is 2.45. The Morgan fingerprint density at radius 2 is 1.52 bits per heavy atom. The summed E-state index contributed by atoms with van der Waals surface area (Å²) >= 11 is 0. The minimum absolute atomic E-state index is 0.117. The van der Waals surface area contributed by atoms with Gasteiger partial charge in [0.1, 0.15) is 4.90 Å². The van der Waals surface area contributed by atoms with Crippen molar-refractivity contribution in [2.75, 3.05) is 11.6 Å². The van der Waals surface area contributed by atoms with Gasteiger partial charge in [-0.15, -0.1) is 0 Å². The van der Waals surface area contributed by atoms with Crippen LogP contribution in [0.2, 0.25) is 0 Å². The number of hydrogen-bond donors (Lipinski definition) is 2. The fraction of sp³-hybridized carbons (Fsp3) is 0.278. The largest absolute Gasteiger partial charge is 0.326 e. The van der Waals surface area contributed by atoms with Crippen LogP contribution in [0, 0.1) is 0 Å². The van der Waals surface area contributed by atoms with Gasteiger partial charge < -0.3 is 5.32 Å². The van der Waals surface area contributed by atoms with E-state index in [-0.39, 0.29) is 15.7 Å². The van der Waals surface area contributed by atoms with E-state index in [4.69, 9.17) is 0 Å². The summed E-state index contributed by atoms with van der Waals surface area (Å²) in [5, 5.41) is 2.71. The number of rotatable bonds is 7. The number of anilines is 1. The van der Waals surface area contributed by atoms with Crippen molar-refractivity contribution in [3.8, 4) is 0 Å². The Hall–Kier alpha value is -2.23. The highest BCUT2D eigenvalue weighted by atomic mass is 32.2.